The zero-order chi connectivity index (χ0) is 23.6. The second kappa shape index (κ2) is 12.7. The van der Waals surface area contributed by atoms with Crippen LogP contribution < -0.4 is 14.8 Å². The number of carbonyl (C=O) groups excluding carboxylic acids is 1. The average molecular weight is 494 g/mol. The van der Waals surface area contributed by atoms with Crippen molar-refractivity contribution in [3.63, 3.8) is 0 Å². The van der Waals surface area contributed by atoms with Crippen LogP contribution in [0, 0.1) is 5.92 Å². The number of rotatable bonds is 11. The summed E-state index contributed by atoms with van der Waals surface area (Å²) in [5, 5.41) is 12.2. The van der Waals surface area contributed by atoms with Crippen molar-refractivity contribution in [1.82, 2.24) is 9.88 Å². The molecule has 0 radical (unpaired) electrons. The highest BCUT2D eigenvalue weighted by atomic mass is 32.2. The van der Waals surface area contributed by atoms with E-state index in [1.165, 1.54) is 23.1 Å². The van der Waals surface area contributed by atoms with Crippen LogP contribution >= 0.6 is 23.1 Å². The number of urea groups is 1. The molecule has 1 aromatic carbocycles. The number of amides is 2. The molecule has 0 atom stereocenters. The van der Waals surface area contributed by atoms with Crippen molar-refractivity contribution in [2.75, 3.05) is 31.3 Å². The number of aromatic nitrogens is 1. The zero-order valence-corrected chi connectivity index (χ0v) is 20.6. The summed E-state index contributed by atoms with van der Waals surface area (Å²) in [4.78, 5) is 30.0. The number of thioether (sulfide) groups is 1. The van der Waals surface area contributed by atoms with Gasteiger partial charge in [-0.2, -0.15) is 0 Å². The van der Waals surface area contributed by atoms with Gasteiger partial charge in [-0.05, 0) is 62.3 Å². The maximum absolute atomic E-state index is 13.1. The molecule has 180 valence electrons. The summed E-state index contributed by atoms with van der Waals surface area (Å²) in [7, 11) is 1.63. The van der Waals surface area contributed by atoms with E-state index in [-0.39, 0.29) is 17.8 Å². The van der Waals surface area contributed by atoms with Crippen molar-refractivity contribution in [2.24, 2.45) is 5.92 Å². The monoisotopic (exact) mass is 493 g/mol. The Morgan fingerprint density at radius 1 is 1.21 bits per heavy atom. The van der Waals surface area contributed by atoms with Gasteiger partial charge in [-0.15, -0.1) is 11.8 Å². The van der Waals surface area contributed by atoms with Gasteiger partial charge in [0.25, 0.3) is 0 Å². The van der Waals surface area contributed by atoms with E-state index in [0.717, 1.165) is 41.4 Å². The predicted molar refractivity (Wildman–Crippen MR) is 131 cm³/mol. The molecule has 3 rings (SSSR count). The fraction of sp³-hybridized carbons (Fsp3) is 0.522. The number of ether oxygens (including phenoxy) is 2. The number of carboxylic acids is 1. The molecule has 1 aliphatic carbocycles. The van der Waals surface area contributed by atoms with Gasteiger partial charge in [-0.3, -0.25) is 10.1 Å². The number of anilines is 1. The van der Waals surface area contributed by atoms with Crippen LogP contribution in [-0.2, 0) is 4.79 Å². The zero-order valence-electron chi connectivity index (χ0n) is 19.0. The quantitative estimate of drug-likeness (QED) is 0.327. The van der Waals surface area contributed by atoms with Crippen LogP contribution in [0.3, 0.4) is 0 Å². The molecule has 0 saturated heterocycles. The highest BCUT2D eigenvalue weighted by molar-refractivity contribution is 8.01. The van der Waals surface area contributed by atoms with Crippen LogP contribution in [0.2, 0.25) is 0 Å². The number of carbonyl (C=O) groups is 2. The highest BCUT2D eigenvalue weighted by Crippen LogP contribution is 2.30. The number of hydrogen-bond donors (Lipinski definition) is 2. The molecule has 1 heterocycles. The van der Waals surface area contributed by atoms with Crippen molar-refractivity contribution in [1.29, 1.82) is 0 Å². The maximum atomic E-state index is 13.1. The Bertz CT molecular complexity index is 898. The smallest absolute Gasteiger partial charge is 0.323 e. The van der Waals surface area contributed by atoms with Gasteiger partial charge in [-0.25, -0.2) is 9.78 Å². The second-order valence-corrected chi connectivity index (χ2v) is 10.4. The molecule has 10 heteroatoms. The fourth-order valence-electron chi connectivity index (χ4n) is 3.78. The molecule has 2 N–H and O–H groups in total. The summed E-state index contributed by atoms with van der Waals surface area (Å²) in [5.74, 6) is 1.33. The summed E-state index contributed by atoms with van der Waals surface area (Å²) in [6.07, 6.45) is 6.53. The first-order valence-corrected chi connectivity index (χ1v) is 12.9. The van der Waals surface area contributed by atoms with Gasteiger partial charge in [0.15, 0.2) is 5.13 Å². The molecule has 1 fully saturated rings. The molecule has 0 bridgehead atoms. The molecule has 33 heavy (non-hydrogen) atoms. The summed E-state index contributed by atoms with van der Waals surface area (Å²) < 4.78 is 11.8. The SMILES string of the molecule is COc1ccc(OCCCN(C(=O)Nc2ncc(SCC(=O)O)s2)C2CCC(C)CC2)cc1. The van der Waals surface area contributed by atoms with Gasteiger partial charge in [-0.1, -0.05) is 18.3 Å². The van der Waals surface area contributed by atoms with E-state index in [1.54, 1.807) is 13.3 Å². The Hall–Kier alpha value is -2.46. The number of nitrogens with one attached hydrogen (secondary N) is 1. The fourth-order valence-corrected chi connectivity index (χ4v) is 5.36. The molecule has 2 amide bonds. The Balaban J connectivity index is 1.55. The van der Waals surface area contributed by atoms with Crippen molar-refractivity contribution in [2.45, 2.75) is 49.3 Å². The lowest BCUT2D eigenvalue weighted by molar-refractivity contribution is -0.133. The Labute approximate surface area is 202 Å². The van der Waals surface area contributed by atoms with E-state index in [9.17, 15) is 9.59 Å². The first-order valence-electron chi connectivity index (χ1n) is 11.1. The standard InChI is InChI=1S/C23H31N3O5S2/c1-16-4-6-17(7-5-16)26(12-3-13-31-19-10-8-18(30-2)9-11-19)23(29)25-22-24-14-21(33-22)32-15-20(27)28/h8-11,14,16-17H,3-7,12-13,15H2,1-2H3,(H,27,28)(H,24,25,29). The van der Waals surface area contributed by atoms with Crippen LogP contribution in [-0.4, -0.2) is 59.0 Å². The number of aliphatic carboxylic acids is 1. The third-order valence-corrected chi connectivity index (χ3v) is 7.69. The summed E-state index contributed by atoms with van der Waals surface area (Å²) in [6.45, 7) is 3.36. The molecule has 0 unspecified atom stereocenters. The molecule has 2 aromatic rings. The van der Waals surface area contributed by atoms with Crippen LogP contribution in [0.4, 0.5) is 9.93 Å². The molecule has 1 saturated carbocycles. The maximum Gasteiger partial charge on any atom is 0.323 e. The van der Waals surface area contributed by atoms with E-state index in [0.29, 0.717) is 30.6 Å². The lowest BCUT2D eigenvalue weighted by Crippen LogP contribution is -2.45. The summed E-state index contributed by atoms with van der Waals surface area (Å²) >= 11 is 2.49. The van der Waals surface area contributed by atoms with E-state index in [1.807, 2.05) is 29.2 Å². The third kappa shape index (κ3) is 8.12. The van der Waals surface area contributed by atoms with Crippen LogP contribution in [0.25, 0.3) is 0 Å². The molecule has 0 spiro atoms. The second-order valence-electron chi connectivity index (χ2n) is 8.08. The van der Waals surface area contributed by atoms with Crippen LogP contribution in [0.1, 0.15) is 39.0 Å². The van der Waals surface area contributed by atoms with Gasteiger partial charge < -0.3 is 19.5 Å². The number of nitrogens with zero attached hydrogens (tertiary/aromatic N) is 2. The number of hydrogen-bond acceptors (Lipinski definition) is 7. The minimum atomic E-state index is -0.881. The molecular formula is C23H31N3O5S2. The van der Waals surface area contributed by atoms with Gasteiger partial charge in [0.2, 0.25) is 0 Å². The minimum absolute atomic E-state index is 0.0316. The minimum Gasteiger partial charge on any atom is -0.497 e. The Kier molecular flexibility index (Phi) is 9.68. The Morgan fingerprint density at radius 3 is 2.58 bits per heavy atom. The van der Waals surface area contributed by atoms with Gasteiger partial charge >= 0.3 is 12.0 Å². The number of carboxylic acid groups (broad SMARTS) is 1. The average Bonchev–Trinajstić information content (AvgIpc) is 3.26. The van der Waals surface area contributed by atoms with E-state index in [2.05, 4.69) is 17.2 Å². The first-order chi connectivity index (χ1) is 15.9. The third-order valence-electron chi connectivity index (χ3n) is 5.59. The highest BCUT2D eigenvalue weighted by Gasteiger charge is 2.28. The Morgan fingerprint density at radius 2 is 1.91 bits per heavy atom. The van der Waals surface area contributed by atoms with Gasteiger partial charge in [0.1, 0.15) is 11.5 Å². The lowest BCUT2D eigenvalue weighted by Gasteiger charge is -2.36. The van der Waals surface area contributed by atoms with Crippen molar-refractivity contribution < 1.29 is 24.2 Å². The van der Waals surface area contributed by atoms with E-state index in [4.69, 9.17) is 14.6 Å². The number of benzene rings is 1. The van der Waals surface area contributed by atoms with Crippen molar-refractivity contribution in [3.8, 4) is 11.5 Å². The summed E-state index contributed by atoms with van der Waals surface area (Å²) in [5.41, 5.74) is 0. The molecular weight excluding hydrogens is 462 g/mol. The van der Waals surface area contributed by atoms with Gasteiger partial charge in [0, 0.05) is 12.6 Å². The largest absolute Gasteiger partial charge is 0.497 e. The number of methoxy groups -OCH3 is 1. The molecule has 1 aromatic heterocycles. The van der Waals surface area contributed by atoms with Crippen molar-refractivity contribution >= 4 is 40.2 Å². The lowest BCUT2D eigenvalue weighted by atomic mass is 9.86. The normalized spacial score (nSPS) is 17.9. The number of thiazole rings is 1. The predicted octanol–water partition coefficient (Wildman–Crippen LogP) is 5.21. The van der Waals surface area contributed by atoms with Gasteiger partial charge in [0.05, 0.1) is 29.9 Å². The molecule has 1 aliphatic rings. The molecule has 0 aliphatic heterocycles. The van der Waals surface area contributed by atoms with E-state index < -0.39 is 5.97 Å². The van der Waals surface area contributed by atoms with E-state index >= 15 is 0 Å². The summed E-state index contributed by atoms with van der Waals surface area (Å²) in [6, 6.07) is 7.48. The van der Waals surface area contributed by atoms with Crippen LogP contribution in [0.15, 0.2) is 34.7 Å². The first kappa shape index (κ1) is 25.2. The topological polar surface area (TPSA) is 101 Å². The van der Waals surface area contributed by atoms with Crippen LogP contribution in [0.5, 0.6) is 11.5 Å². The van der Waals surface area contributed by atoms with Crippen molar-refractivity contribution in [3.05, 3.63) is 30.5 Å². The molecule has 8 nitrogen and oxygen atoms in total.